The number of H-pyrrole nitrogens is 1. The van der Waals surface area contributed by atoms with Crippen LogP contribution in [0.1, 0.15) is 59.0 Å². The summed E-state index contributed by atoms with van der Waals surface area (Å²) in [6.45, 7) is 3.42. The summed E-state index contributed by atoms with van der Waals surface area (Å²) in [6, 6.07) is 9.95. The minimum absolute atomic E-state index is 0.257. The van der Waals surface area contributed by atoms with E-state index in [0.717, 1.165) is 47.8 Å². The summed E-state index contributed by atoms with van der Waals surface area (Å²) in [5.41, 5.74) is 3.36. The third kappa shape index (κ3) is 3.86. The highest BCUT2D eigenvalue weighted by Crippen LogP contribution is 2.37. The molecule has 1 saturated carbocycles. The van der Waals surface area contributed by atoms with Crippen molar-refractivity contribution in [3.05, 3.63) is 51.3 Å². The van der Waals surface area contributed by atoms with Crippen molar-refractivity contribution in [1.82, 2.24) is 9.55 Å². The average molecular weight is 483 g/mol. The number of esters is 1. The Morgan fingerprint density at radius 3 is 2.68 bits per heavy atom. The highest BCUT2D eigenvalue weighted by molar-refractivity contribution is 9.10. The third-order valence-electron chi connectivity index (χ3n) is 6.00. The number of carbonyl (C=O) groups excluding carboxylic acids is 2. The number of fused-ring (bicyclic) bond motifs is 1. The SMILES string of the molecule is Cc1c(C#N)c(NC(=O)COC(=O)c2[nH]c3ccccc3c2Br)n(C2CCCC2)c1C. The summed E-state index contributed by atoms with van der Waals surface area (Å²) in [7, 11) is 0. The molecule has 0 spiro atoms. The zero-order valence-corrected chi connectivity index (χ0v) is 19.0. The second-order valence-electron chi connectivity index (χ2n) is 7.84. The van der Waals surface area contributed by atoms with Gasteiger partial charge in [-0.3, -0.25) is 4.79 Å². The van der Waals surface area contributed by atoms with E-state index < -0.39 is 18.5 Å². The maximum atomic E-state index is 12.6. The molecule has 2 N–H and O–H groups in total. The van der Waals surface area contributed by atoms with Crippen molar-refractivity contribution in [1.29, 1.82) is 5.26 Å². The Morgan fingerprint density at radius 1 is 1.29 bits per heavy atom. The largest absolute Gasteiger partial charge is 0.451 e. The van der Waals surface area contributed by atoms with E-state index in [1.807, 2.05) is 38.1 Å². The van der Waals surface area contributed by atoms with Crippen LogP contribution >= 0.6 is 15.9 Å². The zero-order valence-electron chi connectivity index (χ0n) is 17.4. The molecule has 1 fully saturated rings. The number of nitriles is 1. The van der Waals surface area contributed by atoms with E-state index in [-0.39, 0.29) is 11.7 Å². The van der Waals surface area contributed by atoms with Crippen LogP contribution in [0.2, 0.25) is 0 Å². The van der Waals surface area contributed by atoms with Crippen molar-refractivity contribution in [3.63, 3.8) is 0 Å². The summed E-state index contributed by atoms with van der Waals surface area (Å²) in [6.07, 6.45) is 4.30. The van der Waals surface area contributed by atoms with Gasteiger partial charge in [0.2, 0.25) is 0 Å². The number of ether oxygens (including phenoxy) is 1. The number of benzene rings is 1. The number of carbonyl (C=O) groups is 2. The molecule has 31 heavy (non-hydrogen) atoms. The van der Waals surface area contributed by atoms with Crippen molar-refractivity contribution >= 4 is 44.5 Å². The molecule has 3 aromatic rings. The molecule has 0 saturated heterocycles. The van der Waals surface area contributed by atoms with E-state index in [1.165, 1.54) is 0 Å². The Labute approximate surface area is 188 Å². The first-order valence-electron chi connectivity index (χ1n) is 10.3. The second kappa shape index (κ2) is 8.60. The summed E-state index contributed by atoms with van der Waals surface area (Å²) in [5, 5.41) is 13.3. The quantitative estimate of drug-likeness (QED) is 0.492. The normalized spacial score (nSPS) is 14.0. The smallest absolute Gasteiger partial charge is 0.356 e. The Bertz CT molecular complexity index is 1210. The molecule has 8 heteroatoms. The monoisotopic (exact) mass is 482 g/mol. The molecule has 1 aliphatic rings. The summed E-state index contributed by atoms with van der Waals surface area (Å²) in [5.74, 6) is -0.608. The molecule has 0 bridgehead atoms. The molecule has 2 aromatic heterocycles. The number of aromatic amines is 1. The minimum Gasteiger partial charge on any atom is -0.451 e. The standard InChI is InChI=1S/C23H23BrN4O3/c1-13-14(2)28(15-7-3-4-8-15)22(17(13)11-25)27-19(29)12-31-23(30)21-20(24)16-9-5-6-10-18(16)26-21/h5-6,9-10,15,26H,3-4,7-8,12H2,1-2H3,(H,27,29). The lowest BCUT2D eigenvalue weighted by Gasteiger charge is -2.19. The van der Waals surface area contributed by atoms with Crippen LogP contribution in [-0.4, -0.2) is 28.0 Å². The van der Waals surface area contributed by atoms with Crippen molar-refractivity contribution in [2.45, 2.75) is 45.6 Å². The van der Waals surface area contributed by atoms with Crippen molar-refractivity contribution in [2.24, 2.45) is 0 Å². The lowest BCUT2D eigenvalue weighted by atomic mass is 10.2. The van der Waals surface area contributed by atoms with Crippen LogP contribution in [0.25, 0.3) is 10.9 Å². The van der Waals surface area contributed by atoms with Crippen molar-refractivity contribution in [3.8, 4) is 6.07 Å². The minimum atomic E-state index is -0.628. The van der Waals surface area contributed by atoms with Gasteiger partial charge in [-0.05, 0) is 54.2 Å². The van der Waals surface area contributed by atoms with E-state index in [9.17, 15) is 14.9 Å². The lowest BCUT2D eigenvalue weighted by molar-refractivity contribution is -0.119. The molecule has 2 heterocycles. The number of para-hydroxylation sites is 1. The summed E-state index contributed by atoms with van der Waals surface area (Å²) in [4.78, 5) is 28.2. The number of amides is 1. The lowest BCUT2D eigenvalue weighted by Crippen LogP contribution is -2.24. The third-order valence-corrected chi connectivity index (χ3v) is 6.82. The first-order chi connectivity index (χ1) is 14.9. The predicted octanol–water partition coefficient (Wildman–Crippen LogP) is 5.13. The Hall–Kier alpha value is -3.05. The van der Waals surface area contributed by atoms with Gasteiger partial charge in [-0.1, -0.05) is 31.0 Å². The van der Waals surface area contributed by atoms with Crippen LogP contribution in [0.4, 0.5) is 5.82 Å². The van der Waals surface area contributed by atoms with E-state index in [1.54, 1.807) is 0 Å². The number of halogens is 1. The second-order valence-corrected chi connectivity index (χ2v) is 8.63. The highest BCUT2D eigenvalue weighted by Gasteiger charge is 2.27. The number of hydrogen-bond acceptors (Lipinski definition) is 4. The molecule has 4 rings (SSSR count). The topological polar surface area (TPSA) is 99.9 Å². The van der Waals surface area contributed by atoms with Crippen LogP contribution < -0.4 is 5.32 Å². The van der Waals surface area contributed by atoms with Gasteiger partial charge in [0.1, 0.15) is 17.6 Å². The van der Waals surface area contributed by atoms with Crippen LogP contribution in [0, 0.1) is 25.2 Å². The fourth-order valence-corrected chi connectivity index (χ4v) is 4.93. The zero-order chi connectivity index (χ0) is 22.1. The van der Waals surface area contributed by atoms with Crippen molar-refractivity contribution < 1.29 is 14.3 Å². The maximum Gasteiger partial charge on any atom is 0.356 e. The number of nitrogens with one attached hydrogen (secondary N) is 2. The average Bonchev–Trinajstić information content (AvgIpc) is 3.45. The van der Waals surface area contributed by atoms with E-state index in [0.29, 0.717) is 15.9 Å². The Morgan fingerprint density at radius 2 is 2.00 bits per heavy atom. The van der Waals surface area contributed by atoms with Crippen molar-refractivity contribution in [2.75, 3.05) is 11.9 Å². The van der Waals surface area contributed by atoms with Crippen LogP contribution in [0.15, 0.2) is 28.7 Å². The van der Waals surface area contributed by atoms with Gasteiger partial charge in [0.05, 0.1) is 10.0 Å². The Balaban J connectivity index is 1.50. The number of hydrogen-bond donors (Lipinski definition) is 2. The number of nitrogens with zero attached hydrogens (tertiary/aromatic N) is 2. The van der Waals surface area contributed by atoms with Gasteiger partial charge in [-0.2, -0.15) is 5.26 Å². The summed E-state index contributed by atoms with van der Waals surface area (Å²) < 4.78 is 7.91. The van der Waals surface area contributed by atoms with Gasteiger partial charge in [-0.25, -0.2) is 4.79 Å². The molecule has 1 aliphatic carbocycles. The molecule has 1 aromatic carbocycles. The first-order valence-corrected chi connectivity index (χ1v) is 11.1. The number of aromatic nitrogens is 2. The highest BCUT2D eigenvalue weighted by atomic mass is 79.9. The van der Waals surface area contributed by atoms with E-state index in [4.69, 9.17) is 4.74 Å². The molecule has 160 valence electrons. The first kappa shape index (κ1) is 21.2. The molecule has 0 aliphatic heterocycles. The Kier molecular flexibility index (Phi) is 5.88. The predicted molar refractivity (Wildman–Crippen MR) is 121 cm³/mol. The molecule has 1 amide bonds. The molecule has 7 nitrogen and oxygen atoms in total. The van der Waals surface area contributed by atoms with Gasteiger partial charge in [-0.15, -0.1) is 0 Å². The van der Waals surface area contributed by atoms with Gasteiger partial charge < -0.3 is 19.6 Å². The summed E-state index contributed by atoms with van der Waals surface area (Å²) >= 11 is 3.42. The fourth-order valence-electron chi connectivity index (χ4n) is 4.33. The molecule has 0 unspecified atom stereocenters. The van der Waals surface area contributed by atoms with Crippen LogP contribution in [0.3, 0.4) is 0 Å². The van der Waals surface area contributed by atoms with Gasteiger partial charge >= 0.3 is 5.97 Å². The van der Waals surface area contributed by atoms with E-state index in [2.05, 4.69) is 36.9 Å². The molecular formula is C23H23BrN4O3. The van der Waals surface area contributed by atoms with Gasteiger partial charge in [0, 0.05) is 22.6 Å². The number of rotatable bonds is 5. The van der Waals surface area contributed by atoms with Gasteiger partial charge in [0.15, 0.2) is 6.61 Å². The van der Waals surface area contributed by atoms with Crippen LogP contribution in [0.5, 0.6) is 0 Å². The molecule has 0 atom stereocenters. The molecule has 0 radical (unpaired) electrons. The maximum absolute atomic E-state index is 12.6. The fraction of sp³-hybridized carbons (Fsp3) is 0.348. The van der Waals surface area contributed by atoms with Crippen LogP contribution in [-0.2, 0) is 9.53 Å². The van der Waals surface area contributed by atoms with E-state index >= 15 is 0 Å². The van der Waals surface area contributed by atoms with Gasteiger partial charge in [0.25, 0.3) is 5.91 Å². The molecular weight excluding hydrogens is 460 g/mol. The number of anilines is 1.